The number of nitrogens with zero attached hydrogens (tertiary/aromatic N) is 2. The van der Waals surface area contributed by atoms with E-state index in [0.29, 0.717) is 18.4 Å². The van der Waals surface area contributed by atoms with Crippen LogP contribution in [0.3, 0.4) is 0 Å². The predicted molar refractivity (Wildman–Crippen MR) is 120 cm³/mol. The summed E-state index contributed by atoms with van der Waals surface area (Å²) in [5.41, 5.74) is 1.10. The Morgan fingerprint density at radius 2 is 2.07 bits per heavy atom. The summed E-state index contributed by atoms with van der Waals surface area (Å²) in [5, 5.41) is 12.9. The molecule has 0 aliphatic carbocycles. The van der Waals surface area contributed by atoms with Gasteiger partial charge in [-0.05, 0) is 50.3 Å². The quantitative estimate of drug-likeness (QED) is 0.241. The second-order valence-corrected chi connectivity index (χ2v) is 6.56. The maximum absolute atomic E-state index is 9.55. The number of hydrogen-bond donors (Lipinski definition) is 2. The molecule has 6 nitrogen and oxygen atoms in total. The lowest BCUT2D eigenvalue weighted by Gasteiger charge is -2.34. The van der Waals surface area contributed by atoms with E-state index in [2.05, 4.69) is 17.1 Å². The maximum atomic E-state index is 9.55. The van der Waals surface area contributed by atoms with Crippen molar-refractivity contribution < 1.29 is 14.6 Å². The smallest absolute Gasteiger partial charge is 0.193 e. The fourth-order valence-corrected chi connectivity index (χ4v) is 3.12. The molecule has 0 radical (unpaired) electrons. The van der Waals surface area contributed by atoms with Gasteiger partial charge in [0.15, 0.2) is 5.96 Å². The van der Waals surface area contributed by atoms with E-state index in [0.717, 1.165) is 70.1 Å². The largest absolute Gasteiger partial charge is 0.508 e. The van der Waals surface area contributed by atoms with E-state index in [1.807, 2.05) is 12.1 Å². The molecule has 0 saturated carbocycles. The number of benzene rings is 1. The first kappa shape index (κ1) is 24.0. The summed E-state index contributed by atoms with van der Waals surface area (Å²) >= 11 is 0. The molecular formula is C20H34IN3O3. The molecule has 7 heteroatoms. The molecular weight excluding hydrogens is 457 g/mol. The highest BCUT2D eigenvalue weighted by atomic mass is 127. The molecule has 0 spiro atoms. The number of nitrogens with one attached hydrogen (secondary N) is 1. The molecule has 1 aromatic carbocycles. The minimum absolute atomic E-state index is 0. The number of phenols is 1. The average molecular weight is 491 g/mol. The van der Waals surface area contributed by atoms with Gasteiger partial charge in [0, 0.05) is 46.5 Å². The highest BCUT2D eigenvalue weighted by molar-refractivity contribution is 14.0. The third-order valence-corrected chi connectivity index (χ3v) is 4.50. The van der Waals surface area contributed by atoms with Crippen LogP contribution in [0.2, 0.25) is 0 Å². The molecule has 2 rings (SSSR count). The van der Waals surface area contributed by atoms with Gasteiger partial charge in [-0.15, -0.1) is 24.0 Å². The fourth-order valence-electron chi connectivity index (χ4n) is 3.12. The molecule has 0 atom stereocenters. The van der Waals surface area contributed by atoms with Gasteiger partial charge in [0.25, 0.3) is 0 Å². The number of piperidine rings is 1. The number of ether oxygens (including phenoxy) is 2. The van der Waals surface area contributed by atoms with E-state index >= 15 is 0 Å². The molecule has 0 unspecified atom stereocenters. The van der Waals surface area contributed by atoms with Crippen molar-refractivity contribution in [3.8, 4) is 5.75 Å². The standard InChI is InChI=1S/C20H33N3O3.HI/c1-3-21-20(22-11-8-17-6-4-7-18(24)16-17)23-12-9-19(10-13-23)26-15-5-14-25-2;/h4,6-7,16,19,24H,3,5,8-15H2,1-2H3,(H,21,22);1H. The number of phenolic OH excluding ortho intramolecular Hbond substituents is 1. The summed E-state index contributed by atoms with van der Waals surface area (Å²) in [7, 11) is 1.72. The second-order valence-electron chi connectivity index (χ2n) is 6.56. The van der Waals surface area contributed by atoms with Crippen LogP contribution in [-0.2, 0) is 15.9 Å². The topological polar surface area (TPSA) is 66.3 Å². The van der Waals surface area contributed by atoms with Crippen molar-refractivity contribution >= 4 is 29.9 Å². The number of likely N-dealkylation sites (tertiary alicyclic amines) is 1. The zero-order chi connectivity index (χ0) is 18.6. The van der Waals surface area contributed by atoms with Gasteiger partial charge in [0.05, 0.1) is 6.10 Å². The highest BCUT2D eigenvalue weighted by Gasteiger charge is 2.21. The van der Waals surface area contributed by atoms with Gasteiger partial charge in [0.1, 0.15) is 5.75 Å². The summed E-state index contributed by atoms with van der Waals surface area (Å²) in [4.78, 5) is 7.09. The van der Waals surface area contributed by atoms with Crippen molar-refractivity contribution in [2.45, 2.75) is 38.7 Å². The number of halogens is 1. The SMILES string of the molecule is CCNC(=NCCc1cccc(O)c1)N1CCC(OCCCOC)CC1.I. The molecule has 0 bridgehead atoms. The Kier molecular flexibility index (Phi) is 12.4. The van der Waals surface area contributed by atoms with Gasteiger partial charge < -0.3 is 24.8 Å². The third-order valence-electron chi connectivity index (χ3n) is 4.50. The van der Waals surface area contributed by atoms with Crippen LogP contribution >= 0.6 is 24.0 Å². The zero-order valence-corrected chi connectivity index (χ0v) is 18.9. The molecule has 2 N–H and O–H groups in total. The first-order valence-corrected chi connectivity index (χ1v) is 9.64. The van der Waals surface area contributed by atoms with Gasteiger partial charge in [-0.3, -0.25) is 4.99 Å². The Balaban J connectivity index is 0.00000364. The monoisotopic (exact) mass is 491 g/mol. The third kappa shape index (κ3) is 9.12. The molecule has 0 amide bonds. The van der Waals surface area contributed by atoms with Gasteiger partial charge >= 0.3 is 0 Å². The minimum atomic E-state index is 0. The molecule has 1 aliphatic rings. The van der Waals surface area contributed by atoms with Crippen LogP contribution in [0.25, 0.3) is 0 Å². The number of methoxy groups -OCH3 is 1. The summed E-state index contributed by atoms with van der Waals surface area (Å²) in [6.07, 6.45) is 4.19. The first-order valence-electron chi connectivity index (χ1n) is 9.64. The van der Waals surface area contributed by atoms with Gasteiger partial charge in [-0.1, -0.05) is 12.1 Å². The van der Waals surface area contributed by atoms with Gasteiger partial charge in [0.2, 0.25) is 0 Å². The minimum Gasteiger partial charge on any atom is -0.508 e. The number of hydrogen-bond acceptors (Lipinski definition) is 4. The first-order chi connectivity index (χ1) is 12.7. The lowest BCUT2D eigenvalue weighted by atomic mass is 10.1. The normalized spacial score (nSPS) is 15.5. The molecule has 154 valence electrons. The lowest BCUT2D eigenvalue weighted by Crippen LogP contribution is -2.47. The maximum Gasteiger partial charge on any atom is 0.193 e. The molecule has 1 saturated heterocycles. The lowest BCUT2D eigenvalue weighted by molar-refractivity contribution is 0.00991. The summed E-state index contributed by atoms with van der Waals surface area (Å²) < 4.78 is 11.0. The van der Waals surface area contributed by atoms with E-state index in [1.165, 1.54) is 0 Å². The fraction of sp³-hybridized carbons (Fsp3) is 0.650. The van der Waals surface area contributed by atoms with Gasteiger partial charge in [-0.25, -0.2) is 0 Å². The Morgan fingerprint density at radius 1 is 1.30 bits per heavy atom. The molecule has 27 heavy (non-hydrogen) atoms. The van der Waals surface area contributed by atoms with Crippen molar-refractivity contribution in [3.05, 3.63) is 29.8 Å². The van der Waals surface area contributed by atoms with E-state index in [-0.39, 0.29) is 24.0 Å². The van der Waals surface area contributed by atoms with Crippen LogP contribution in [0.4, 0.5) is 0 Å². The number of aromatic hydroxyl groups is 1. The predicted octanol–water partition coefficient (Wildman–Crippen LogP) is 3.04. The average Bonchev–Trinajstić information content (AvgIpc) is 2.65. The van der Waals surface area contributed by atoms with E-state index in [4.69, 9.17) is 14.5 Å². The van der Waals surface area contributed by atoms with Crippen molar-refractivity contribution in [2.24, 2.45) is 4.99 Å². The molecule has 1 fully saturated rings. The van der Waals surface area contributed by atoms with Crippen molar-refractivity contribution in [1.29, 1.82) is 0 Å². The summed E-state index contributed by atoms with van der Waals surface area (Å²) in [6.45, 7) is 7.12. The molecule has 0 aromatic heterocycles. The van der Waals surface area contributed by atoms with Crippen LogP contribution < -0.4 is 5.32 Å². The Morgan fingerprint density at radius 3 is 2.74 bits per heavy atom. The molecule has 1 heterocycles. The van der Waals surface area contributed by atoms with Crippen LogP contribution in [0, 0.1) is 0 Å². The Hall–Kier alpha value is -1.06. The van der Waals surface area contributed by atoms with E-state index in [9.17, 15) is 5.11 Å². The number of rotatable bonds is 9. The van der Waals surface area contributed by atoms with E-state index in [1.54, 1.807) is 19.2 Å². The summed E-state index contributed by atoms with van der Waals surface area (Å²) in [5.74, 6) is 1.29. The molecule has 1 aliphatic heterocycles. The van der Waals surface area contributed by atoms with Crippen molar-refractivity contribution in [2.75, 3.05) is 46.5 Å². The zero-order valence-electron chi connectivity index (χ0n) is 16.5. The van der Waals surface area contributed by atoms with Crippen LogP contribution in [0.5, 0.6) is 5.75 Å². The highest BCUT2D eigenvalue weighted by Crippen LogP contribution is 2.15. The number of aliphatic imine (C=N–C) groups is 1. The van der Waals surface area contributed by atoms with Crippen LogP contribution in [0.1, 0.15) is 31.7 Å². The Labute approximate surface area is 180 Å². The molecule has 1 aromatic rings. The van der Waals surface area contributed by atoms with Crippen molar-refractivity contribution in [1.82, 2.24) is 10.2 Å². The van der Waals surface area contributed by atoms with Crippen molar-refractivity contribution in [3.63, 3.8) is 0 Å². The Bertz CT molecular complexity index is 549. The summed E-state index contributed by atoms with van der Waals surface area (Å²) in [6, 6.07) is 7.39. The van der Waals surface area contributed by atoms with Gasteiger partial charge in [-0.2, -0.15) is 0 Å². The number of guanidine groups is 1. The van der Waals surface area contributed by atoms with E-state index < -0.39 is 0 Å². The second kappa shape index (κ2) is 14.0. The van der Waals surface area contributed by atoms with Crippen LogP contribution in [0.15, 0.2) is 29.3 Å². The van der Waals surface area contributed by atoms with Crippen LogP contribution in [-0.4, -0.2) is 68.6 Å².